The molecule has 21 heavy (non-hydrogen) atoms. The molecule has 6 heteroatoms. The number of hydrogen-bond donors (Lipinski definition) is 0. The number of carbonyl (C=O) groups is 1. The lowest BCUT2D eigenvalue weighted by Gasteiger charge is -2.17. The molecule has 0 saturated carbocycles. The van der Waals surface area contributed by atoms with Crippen LogP contribution in [0.15, 0.2) is 48.5 Å². The minimum atomic E-state index is -0.523. The van der Waals surface area contributed by atoms with Crippen molar-refractivity contribution in [1.82, 2.24) is 4.90 Å². The lowest BCUT2D eigenvalue weighted by atomic mass is 10.1. The van der Waals surface area contributed by atoms with Crippen molar-refractivity contribution in [2.45, 2.75) is 6.54 Å². The van der Waals surface area contributed by atoms with Crippen molar-refractivity contribution >= 4 is 11.6 Å². The molecule has 0 aliphatic rings. The maximum Gasteiger partial charge on any atom is 0.269 e. The number of benzene rings is 2. The highest BCUT2D eigenvalue weighted by Crippen LogP contribution is 2.14. The third-order valence-electron chi connectivity index (χ3n) is 2.98. The normalized spacial score (nSPS) is 10.2. The molecule has 0 aliphatic carbocycles. The number of non-ortho nitro benzene ring substituents is 1. The van der Waals surface area contributed by atoms with Crippen molar-refractivity contribution in [2.75, 3.05) is 7.05 Å². The molecule has 0 aliphatic heterocycles. The quantitative estimate of drug-likeness (QED) is 0.641. The summed E-state index contributed by atoms with van der Waals surface area (Å²) in [7, 11) is 1.59. The average molecular weight is 288 g/mol. The predicted molar refractivity (Wildman–Crippen MR) is 75.3 cm³/mol. The van der Waals surface area contributed by atoms with E-state index in [-0.39, 0.29) is 24.0 Å². The molecule has 0 heterocycles. The Morgan fingerprint density at radius 3 is 2.48 bits per heavy atom. The first kappa shape index (κ1) is 14.6. The van der Waals surface area contributed by atoms with Crippen molar-refractivity contribution in [1.29, 1.82) is 0 Å². The molecular weight excluding hydrogens is 275 g/mol. The second-order valence-corrected chi connectivity index (χ2v) is 4.60. The van der Waals surface area contributed by atoms with E-state index in [0.717, 1.165) is 0 Å². The van der Waals surface area contributed by atoms with Crippen LogP contribution >= 0.6 is 0 Å². The van der Waals surface area contributed by atoms with Gasteiger partial charge in [-0.15, -0.1) is 0 Å². The Hall–Kier alpha value is -2.76. The summed E-state index contributed by atoms with van der Waals surface area (Å²) in [6.07, 6.45) is 0. The summed E-state index contributed by atoms with van der Waals surface area (Å²) >= 11 is 0. The maximum atomic E-state index is 13.1. The van der Waals surface area contributed by atoms with Crippen molar-refractivity contribution in [3.05, 3.63) is 75.6 Å². The van der Waals surface area contributed by atoms with Crippen LogP contribution in [0.25, 0.3) is 0 Å². The molecule has 2 aromatic carbocycles. The van der Waals surface area contributed by atoms with Crippen LogP contribution in [0, 0.1) is 15.9 Å². The first-order valence-corrected chi connectivity index (χ1v) is 6.22. The lowest BCUT2D eigenvalue weighted by molar-refractivity contribution is -0.384. The summed E-state index contributed by atoms with van der Waals surface area (Å²) in [5.41, 5.74) is 0.951. The van der Waals surface area contributed by atoms with Crippen molar-refractivity contribution < 1.29 is 14.1 Å². The van der Waals surface area contributed by atoms with Crippen LogP contribution in [0.3, 0.4) is 0 Å². The molecule has 1 amide bonds. The number of rotatable bonds is 4. The van der Waals surface area contributed by atoms with E-state index in [4.69, 9.17) is 0 Å². The molecule has 0 atom stereocenters. The SMILES string of the molecule is CN(Cc1cccc(F)c1)C(=O)c1ccc([N+](=O)[O-])cc1. The minimum absolute atomic E-state index is 0.0701. The Morgan fingerprint density at radius 2 is 1.90 bits per heavy atom. The van der Waals surface area contributed by atoms with Gasteiger partial charge in [0.15, 0.2) is 0 Å². The number of nitro benzene ring substituents is 1. The zero-order valence-electron chi connectivity index (χ0n) is 11.3. The van der Waals surface area contributed by atoms with Gasteiger partial charge in [0.05, 0.1) is 4.92 Å². The molecule has 0 fully saturated rings. The molecule has 0 radical (unpaired) electrons. The number of nitro groups is 1. The maximum absolute atomic E-state index is 13.1. The second kappa shape index (κ2) is 6.13. The largest absolute Gasteiger partial charge is 0.337 e. The highest BCUT2D eigenvalue weighted by atomic mass is 19.1. The fourth-order valence-electron chi connectivity index (χ4n) is 1.93. The second-order valence-electron chi connectivity index (χ2n) is 4.60. The van der Waals surface area contributed by atoms with Crippen LogP contribution in [0.5, 0.6) is 0 Å². The lowest BCUT2D eigenvalue weighted by Crippen LogP contribution is -2.26. The van der Waals surface area contributed by atoms with Gasteiger partial charge in [0.1, 0.15) is 5.82 Å². The average Bonchev–Trinajstić information content (AvgIpc) is 2.46. The number of carbonyl (C=O) groups excluding carboxylic acids is 1. The summed E-state index contributed by atoms with van der Waals surface area (Å²) in [5.74, 6) is -0.641. The Balaban J connectivity index is 2.10. The highest BCUT2D eigenvalue weighted by Gasteiger charge is 2.14. The van der Waals surface area contributed by atoms with E-state index in [2.05, 4.69) is 0 Å². The van der Waals surface area contributed by atoms with Gasteiger partial charge in [-0.3, -0.25) is 14.9 Å². The first-order valence-electron chi connectivity index (χ1n) is 6.22. The number of hydrogen-bond acceptors (Lipinski definition) is 3. The fourth-order valence-corrected chi connectivity index (χ4v) is 1.93. The molecule has 5 nitrogen and oxygen atoms in total. The van der Waals surface area contributed by atoms with Gasteiger partial charge < -0.3 is 4.90 Å². The fraction of sp³-hybridized carbons (Fsp3) is 0.133. The molecule has 2 rings (SSSR count). The van der Waals surface area contributed by atoms with E-state index in [1.165, 1.54) is 41.3 Å². The van der Waals surface area contributed by atoms with Gasteiger partial charge in [-0.1, -0.05) is 12.1 Å². The molecule has 0 unspecified atom stereocenters. The summed E-state index contributed by atoms with van der Waals surface area (Å²) in [6, 6.07) is 11.4. The Bertz CT molecular complexity index is 671. The summed E-state index contributed by atoms with van der Waals surface area (Å²) in [4.78, 5) is 23.6. The van der Waals surface area contributed by atoms with Gasteiger partial charge in [-0.25, -0.2) is 4.39 Å². The number of nitrogens with zero attached hydrogens (tertiary/aromatic N) is 2. The topological polar surface area (TPSA) is 63.5 Å². The van der Waals surface area contributed by atoms with E-state index < -0.39 is 4.92 Å². The summed E-state index contributed by atoms with van der Waals surface area (Å²) in [5, 5.41) is 10.6. The summed E-state index contributed by atoms with van der Waals surface area (Å²) in [6.45, 7) is 0.258. The van der Waals surface area contributed by atoms with Crippen molar-refractivity contribution in [3.8, 4) is 0 Å². The van der Waals surface area contributed by atoms with E-state index in [9.17, 15) is 19.3 Å². The third-order valence-corrected chi connectivity index (χ3v) is 2.98. The zero-order valence-corrected chi connectivity index (χ0v) is 11.3. The van der Waals surface area contributed by atoms with Crippen molar-refractivity contribution in [3.63, 3.8) is 0 Å². The molecule has 108 valence electrons. The van der Waals surface area contributed by atoms with Gasteiger partial charge >= 0.3 is 0 Å². The minimum Gasteiger partial charge on any atom is -0.337 e. The molecule has 0 aromatic heterocycles. The molecule has 0 saturated heterocycles. The van der Waals surface area contributed by atoms with Crippen LogP contribution < -0.4 is 0 Å². The van der Waals surface area contributed by atoms with Crippen LogP contribution in [0.2, 0.25) is 0 Å². The Morgan fingerprint density at radius 1 is 1.24 bits per heavy atom. The third kappa shape index (κ3) is 3.62. The molecular formula is C15H13FN2O3. The predicted octanol–water partition coefficient (Wildman–Crippen LogP) is 3.01. The van der Waals surface area contributed by atoms with Gasteiger partial charge in [0.2, 0.25) is 0 Å². The van der Waals surface area contributed by atoms with Crippen molar-refractivity contribution in [2.24, 2.45) is 0 Å². The van der Waals surface area contributed by atoms with E-state index in [0.29, 0.717) is 11.1 Å². The van der Waals surface area contributed by atoms with E-state index in [1.807, 2.05) is 0 Å². The van der Waals surface area contributed by atoms with E-state index >= 15 is 0 Å². The number of amides is 1. The molecule has 0 spiro atoms. The first-order chi connectivity index (χ1) is 9.97. The molecule has 0 bridgehead atoms. The summed E-state index contributed by atoms with van der Waals surface area (Å²) < 4.78 is 13.1. The van der Waals surface area contributed by atoms with Crippen LogP contribution in [0.4, 0.5) is 10.1 Å². The van der Waals surface area contributed by atoms with Gasteiger partial charge in [-0.05, 0) is 29.8 Å². The van der Waals surface area contributed by atoms with Gasteiger partial charge in [0, 0.05) is 31.3 Å². The smallest absolute Gasteiger partial charge is 0.269 e. The zero-order chi connectivity index (χ0) is 15.4. The number of halogens is 1. The highest BCUT2D eigenvalue weighted by molar-refractivity contribution is 5.94. The monoisotopic (exact) mass is 288 g/mol. The Labute approximate surface area is 120 Å². The van der Waals surface area contributed by atoms with Crippen LogP contribution in [0.1, 0.15) is 15.9 Å². The van der Waals surface area contributed by atoms with E-state index in [1.54, 1.807) is 19.2 Å². The van der Waals surface area contributed by atoms with Crippen LogP contribution in [-0.2, 0) is 6.54 Å². The molecule has 2 aromatic rings. The standard InChI is InChI=1S/C15H13FN2O3/c1-17(10-11-3-2-4-13(16)9-11)15(19)12-5-7-14(8-6-12)18(20)21/h2-9H,10H2,1H3. The molecule has 0 N–H and O–H groups in total. The van der Waals surface area contributed by atoms with Crippen LogP contribution in [-0.4, -0.2) is 22.8 Å². The van der Waals surface area contributed by atoms with Gasteiger partial charge in [-0.2, -0.15) is 0 Å². The van der Waals surface area contributed by atoms with Gasteiger partial charge in [0.25, 0.3) is 11.6 Å². The Kier molecular flexibility index (Phi) is 4.27.